The second kappa shape index (κ2) is 9.12. The van der Waals surface area contributed by atoms with Gasteiger partial charge in [0.05, 0.1) is 0 Å². The van der Waals surface area contributed by atoms with E-state index in [1.54, 1.807) is 11.8 Å². The van der Waals surface area contributed by atoms with Crippen LogP contribution >= 0.6 is 39.0 Å². The molecule has 2 rings (SSSR count). The number of nitrogens with zero attached hydrogens (tertiary/aromatic N) is 2. The summed E-state index contributed by atoms with van der Waals surface area (Å²) >= 11 is 6.44. The number of anilines is 2. The van der Waals surface area contributed by atoms with Gasteiger partial charge in [0, 0.05) is 28.9 Å². The first-order valence-electron chi connectivity index (χ1n) is 6.93. The summed E-state index contributed by atoms with van der Waals surface area (Å²) in [7, 11) is 0. The van der Waals surface area contributed by atoms with Crippen molar-refractivity contribution in [3.63, 3.8) is 0 Å². The number of nitrogens with one attached hydrogen (secondary N) is 2. The van der Waals surface area contributed by atoms with Gasteiger partial charge in [-0.1, -0.05) is 46.0 Å². The van der Waals surface area contributed by atoms with Crippen LogP contribution in [0.15, 0.2) is 33.1 Å². The zero-order chi connectivity index (χ0) is 15.8. The molecule has 0 atom stereocenters. The minimum Gasteiger partial charge on any atom is -0.360 e. The highest BCUT2D eigenvalue weighted by Gasteiger charge is 2.07. The van der Waals surface area contributed by atoms with Crippen molar-refractivity contribution >= 4 is 55.8 Å². The van der Waals surface area contributed by atoms with E-state index in [-0.39, 0.29) is 5.91 Å². The zero-order valence-corrected chi connectivity index (χ0v) is 15.4. The number of halogens is 1. The fraction of sp³-hybridized carbons (Fsp3) is 0.357. The molecule has 0 spiro atoms. The molecule has 8 heteroatoms. The molecule has 1 aromatic heterocycles. The average Bonchev–Trinajstić information content (AvgIpc) is 2.95. The summed E-state index contributed by atoms with van der Waals surface area (Å²) in [6.45, 7) is 3.00. The predicted molar refractivity (Wildman–Crippen MR) is 96.8 cm³/mol. The Morgan fingerprint density at radius 2 is 2.09 bits per heavy atom. The molecule has 0 aliphatic carbocycles. The van der Waals surface area contributed by atoms with Crippen molar-refractivity contribution in [1.29, 1.82) is 0 Å². The maximum absolute atomic E-state index is 11.9. The summed E-state index contributed by atoms with van der Waals surface area (Å²) in [5.74, 6) is 0.689. The van der Waals surface area contributed by atoms with Gasteiger partial charge in [0.1, 0.15) is 0 Å². The summed E-state index contributed by atoms with van der Waals surface area (Å²) in [5.41, 5.74) is 0.806. The number of benzene rings is 1. The van der Waals surface area contributed by atoms with E-state index in [1.165, 1.54) is 11.3 Å². The molecule has 1 heterocycles. The number of hydrogen-bond acceptors (Lipinski definition) is 6. The molecule has 0 saturated heterocycles. The fourth-order valence-electron chi connectivity index (χ4n) is 1.56. The molecule has 0 saturated carbocycles. The Morgan fingerprint density at radius 3 is 2.82 bits per heavy atom. The molecule has 0 bridgehead atoms. The summed E-state index contributed by atoms with van der Waals surface area (Å²) in [4.78, 5) is 11.9. The maximum Gasteiger partial charge on any atom is 0.225 e. The number of hydrogen-bond donors (Lipinski definition) is 2. The van der Waals surface area contributed by atoms with Crippen molar-refractivity contribution in [3.05, 3.63) is 28.7 Å². The lowest BCUT2D eigenvalue weighted by Gasteiger charge is -2.04. The highest BCUT2D eigenvalue weighted by molar-refractivity contribution is 9.10. The van der Waals surface area contributed by atoms with Gasteiger partial charge < -0.3 is 10.6 Å². The number of carbonyl (C=O) groups is 1. The van der Waals surface area contributed by atoms with E-state index in [9.17, 15) is 4.79 Å². The van der Waals surface area contributed by atoms with Gasteiger partial charge in [-0.3, -0.25) is 4.79 Å². The summed E-state index contributed by atoms with van der Waals surface area (Å²) < 4.78 is 1.87. The summed E-state index contributed by atoms with van der Waals surface area (Å²) in [6, 6.07) is 7.53. The van der Waals surface area contributed by atoms with Gasteiger partial charge in [-0.15, -0.1) is 10.2 Å². The largest absolute Gasteiger partial charge is 0.360 e. The van der Waals surface area contributed by atoms with Crippen LogP contribution in [-0.2, 0) is 4.79 Å². The van der Waals surface area contributed by atoms with E-state index in [4.69, 9.17) is 0 Å². The molecule has 5 nitrogen and oxygen atoms in total. The Labute approximate surface area is 146 Å². The first-order valence-corrected chi connectivity index (χ1v) is 9.52. The van der Waals surface area contributed by atoms with Crippen molar-refractivity contribution in [2.45, 2.75) is 24.1 Å². The molecule has 2 N–H and O–H groups in total. The van der Waals surface area contributed by atoms with E-state index >= 15 is 0 Å². The molecule has 0 aliphatic heterocycles. The van der Waals surface area contributed by atoms with Crippen LogP contribution in [0.4, 0.5) is 10.8 Å². The Morgan fingerprint density at radius 1 is 1.32 bits per heavy atom. The van der Waals surface area contributed by atoms with Crippen LogP contribution in [0.25, 0.3) is 0 Å². The SMILES string of the molecule is CCCNc1nnc(SCCC(=O)Nc2ccc(Br)cc2)s1. The minimum absolute atomic E-state index is 0.00340. The Bertz CT molecular complexity index is 603. The van der Waals surface area contributed by atoms with Gasteiger partial charge in [-0.2, -0.15) is 0 Å². The van der Waals surface area contributed by atoms with Crippen molar-refractivity contribution in [2.24, 2.45) is 0 Å². The van der Waals surface area contributed by atoms with Crippen LogP contribution in [0.5, 0.6) is 0 Å². The molecule has 1 aromatic carbocycles. The second-order valence-corrected chi connectivity index (χ2v) is 7.69. The second-order valence-electron chi connectivity index (χ2n) is 4.45. The molecular weight excluding hydrogens is 384 g/mol. The number of amides is 1. The molecule has 0 fully saturated rings. The molecule has 0 aliphatic rings. The fourth-order valence-corrected chi connectivity index (χ4v) is 3.61. The lowest BCUT2D eigenvalue weighted by atomic mass is 10.3. The van der Waals surface area contributed by atoms with Crippen LogP contribution in [0.3, 0.4) is 0 Å². The van der Waals surface area contributed by atoms with Crippen LogP contribution in [0, 0.1) is 0 Å². The molecule has 0 radical (unpaired) electrons. The Balaban J connectivity index is 1.70. The van der Waals surface area contributed by atoms with Crippen molar-refractivity contribution in [1.82, 2.24) is 10.2 Å². The molecule has 118 valence electrons. The third-order valence-corrected chi connectivity index (χ3v) is 5.16. The number of rotatable bonds is 8. The molecular formula is C14H17BrN4OS2. The molecule has 1 amide bonds. The van der Waals surface area contributed by atoms with E-state index < -0.39 is 0 Å². The van der Waals surface area contributed by atoms with Crippen LogP contribution in [0.1, 0.15) is 19.8 Å². The normalized spacial score (nSPS) is 10.5. The maximum atomic E-state index is 11.9. The third kappa shape index (κ3) is 5.94. The minimum atomic E-state index is 0.00340. The number of carbonyl (C=O) groups excluding carboxylic acids is 1. The summed E-state index contributed by atoms with van der Waals surface area (Å²) in [6.07, 6.45) is 1.50. The van der Waals surface area contributed by atoms with Crippen molar-refractivity contribution < 1.29 is 4.79 Å². The van der Waals surface area contributed by atoms with Crippen molar-refractivity contribution in [2.75, 3.05) is 22.9 Å². The standard InChI is InChI=1S/C14H17BrN4OS2/c1-2-8-16-13-18-19-14(22-13)21-9-7-12(20)17-11-5-3-10(15)4-6-11/h3-6H,2,7-9H2,1H3,(H,16,18)(H,17,20). The van der Waals surface area contributed by atoms with Gasteiger partial charge in [0.15, 0.2) is 4.34 Å². The first-order chi connectivity index (χ1) is 10.7. The number of thioether (sulfide) groups is 1. The van der Waals surface area contributed by atoms with Gasteiger partial charge in [-0.05, 0) is 30.7 Å². The van der Waals surface area contributed by atoms with Crippen molar-refractivity contribution in [3.8, 4) is 0 Å². The van der Waals surface area contributed by atoms with E-state index in [0.717, 1.165) is 32.6 Å². The lowest BCUT2D eigenvalue weighted by Crippen LogP contribution is -2.11. The predicted octanol–water partition coefficient (Wildman–Crippen LogP) is 4.24. The molecule has 22 heavy (non-hydrogen) atoms. The highest BCUT2D eigenvalue weighted by atomic mass is 79.9. The smallest absolute Gasteiger partial charge is 0.225 e. The van der Waals surface area contributed by atoms with Gasteiger partial charge >= 0.3 is 0 Å². The van der Waals surface area contributed by atoms with E-state index in [2.05, 4.69) is 43.7 Å². The molecule has 0 unspecified atom stereocenters. The van der Waals surface area contributed by atoms with Crippen LogP contribution in [-0.4, -0.2) is 28.4 Å². The first kappa shape index (κ1) is 17.2. The van der Waals surface area contributed by atoms with Gasteiger partial charge in [-0.25, -0.2) is 0 Å². The quantitative estimate of drug-likeness (QED) is 0.648. The number of aromatic nitrogens is 2. The highest BCUT2D eigenvalue weighted by Crippen LogP contribution is 2.26. The Kier molecular flexibility index (Phi) is 7.14. The van der Waals surface area contributed by atoms with Gasteiger partial charge in [0.2, 0.25) is 11.0 Å². The Hall–Kier alpha value is -1.12. The van der Waals surface area contributed by atoms with E-state index in [0.29, 0.717) is 12.2 Å². The van der Waals surface area contributed by atoms with Crippen LogP contribution < -0.4 is 10.6 Å². The monoisotopic (exact) mass is 400 g/mol. The molecule has 2 aromatic rings. The lowest BCUT2D eigenvalue weighted by molar-refractivity contribution is -0.115. The van der Waals surface area contributed by atoms with E-state index in [1.807, 2.05) is 24.3 Å². The topological polar surface area (TPSA) is 66.9 Å². The van der Waals surface area contributed by atoms with Crippen LogP contribution in [0.2, 0.25) is 0 Å². The summed E-state index contributed by atoms with van der Waals surface area (Å²) in [5, 5.41) is 15.1. The average molecular weight is 401 g/mol. The zero-order valence-electron chi connectivity index (χ0n) is 12.1. The van der Waals surface area contributed by atoms with Gasteiger partial charge in [0.25, 0.3) is 0 Å². The third-order valence-electron chi connectivity index (χ3n) is 2.62.